The molecule has 1 aromatic carbocycles. The number of aryl methyl sites for hydroxylation is 1. The minimum absolute atomic E-state index is 0.0727. The second-order valence-corrected chi connectivity index (χ2v) is 4.41. The van der Waals surface area contributed by atoms with E-state index in [0.717, 1.165) is 5.69 Å². The van der Waals surface area contributed by atoms with Crippen molar-refractivity contribution in [2.45, 2.75) is 19.4 Å². The maximum Gasteiger partial charge on any atom is 0.127 e. The van der Waals surface area contributed by atoms with Crippen molar-refractivity contribution < 1.29 is 9.50 Å². The van der Waals surface area contributed by atoms with Gasteiger partial charge in [-0.05, 0) is 19.1 Å². The number of halogens is 2. The van der Waals surface area contributed by atoms with E-state index in [1.54, 1.807) is 19.2 Å². The molecule has 0 amide bonds. The lowest BCUT2D eigenvalue weighted by atomic mass is 10.1. The van der Waals surface area contributed by atoms with Crippen molar-refractivity contribution in [3.63, 3.8) is 0 Å². The molecule has 0 fully saturated rings. The lowest BCUT2D eigenvalue weighted by Crippen LogP contribution is -2.07. The van der Waals surface area contributed by atoms with Gasteiger partial charge in [0.1, 0.15) is 11.9 Å². The third kappa shape index (κ3) is 2.83. The summed E-state index contributed by atoms with van der Waals surface area (Å²) in [6.07, 6.45) is 2.19. The smallest absolute Gasteiger partial charge is 0.127 e. The number of aromatic nitrogens is 2. The van der Waals surface area contributed by atoms with Crippen molar-refractivity contribution in [3.05, 3.63) is 58.4 Å². The molecule has 0 spiro atoms. The fourth-order valence-electron chi connectivity index (χ4n) is 1.60. The minimum atomic E-state index is -0.924. The van der Waals surface area contributed by atoms with Gasteiger partial charge in [0, 0.05) is 23.2 Å². The number of aliphatic hydroxyl groups is 1. The van der Waals surface area contributed by atoms with E-state index in [-0.39, 0.29) is 12.0 Å². The summed E-state index contributed by atoms with van der Waals surface area (Å²) in [4.78, 5) is 8.09. The third-order valence-electron chi connectivity index (χ3n) is 2.60. The van der Waals surface area contributed by atoms with Gasteiger partial charge in [0.2, 0.25) is 0 Å². The molecule has 5 heteroatoms. The first-order valence-electron chi connectivity index (χ1n) is 5.47. The first-order valence-corrected chi connectivity index (χ1v) is 5.85. The molecule has 94 valence electrons. The number of hydrogen-bond donors (Lipinski definition) is 1. The number of rotatable bonds is 3. The molecule has 0 aliphatic carbocycles. The summed E-state index contributed by atoms with van der Waals surface area (Å²) in [6, 6.07) is 4.43. The summed E-state index contributed by atoms with van der Waals surface area (Å²) in [6.45, 7) is 1.80. The van der Waals surface area contributed by atoms with E-state index >= 15 is 0 Å². The van der Waals surface area contributed by atoms with E-state index in [1.807, 2.05) is 0 Å². The quantitative estimate of drug-likeness (QED) is 0.929. The summed E-state index contributed by atoms with van der Waals surface area (Å²) in [7, 11) is 0. The highest BCUT2D eigenvalue weighted by Crippen LogP contribution is 2.24. The molecule has 0 aliphatic rings. The lowest BCUT2D eigenvalue weighted by molar-refractivity contribution is 0.172. The summed E-state index contributed by atoms with van der Waals surface area (Å²) in [5.74, 6) is -0.429. The summed E-state index contributed by atoms with van der Waals surface area (Å²) in [5, 5.41) is 10.3. The van der Waals surface area contributed by atoms with E-state index in [1.165, 1.54) is 18.3 Å². The molecule has 0 saturated carbocycles. The summed E-state index contributed by atoms with van der Waals surface area (Å²) < 4.78 is 13.6. The van der Waals surface area contributed by atoms with Gasteiger partial charge in [0.25, 0.3) is 0 Å². The Kier molecular flexibility index (Phi) is 3.89. The normalized spacial score (nSPS) is 12.4. The van der Waals surface area contributed by atoms with Gasteiger partial charge in [0.05, 0.1) is 17.6 Å². The lowest BCUT2D eigenvalue weighted by Gasteiger charge is -2.11. The Morgan fingerprint density at radius 3 is 2.72 bits per heavy atom. The molecule has 18 heavy (non-hydrogen) atoms. The molecule has 1 unspecified atom stereocenters. The molecule has 1 heterocycles. The maximum absolute atomic E-state index is 13.6. The van der Waals surface area contributed by atoms with Crippen LogP contribution < -0.4 is 0 Å². The van der Waals surface area contributed by atoms with Crippen LogP contribution in [0.5, 0.6) is 0 Å². The highest BCUT2D eigenvalue weighted by atomic mass is 35.5. The average molecular weight is 267 g/mol. The van der Waals surface area contributed by atoms with Crippen molar-refractivity contribution >= 4 is 11.6 Å². The van der Waals surface area contributed by atoms with Crippen LogP contribution in [0.4, 0.5) is 4.39 Å². The standard InChI is InChI=1S/C13H12ClFN2O/c1-8-6-17-12(7-16-8)13(18)5-9-10(14)3-2-4-11(9)15/h2-4,6-7,13,18H,5H2,1H3. The Morgan fingerprint density at radius 1 is 1.33 bits per heavy atom. The number of aliphatic hydroxyl groups excluding tert-OH is 1. The monoisotopic (exact) mass is 266 g/mol. The Bertz CT molecular complexity index is 525. The molecule has 0 radical (unpaired) electrons. The van der Waals surface area contributed by atoms with Crippen LogP contribution in [-0.4, -0.2) is 15.1 Å². The molecule has 0 aliphatic heterocycles. The van der Waals surface area contributed by atoms with E-state index in [2.05, 4.69) is 9.97 Å². The van der Waals surface area contributed by atoms with Gasteiger partial charge in [-0.3, -0.25) is 9.97 Å². The zero-order valence-corrected chi connectivity index (χ0v) is 10.5. The summed E-state index contributed by atoms with van der Waals surface area (Å²) >= 11 is 5.90. The minimum Gasteiger partial charge on any atom is -0.386 e. The second-order valence-electron chi connectivity index (χ2n) is 4.00. The van der Waals surface area contributed by atoms with Crippen molar-refractivity contribution in [1.29, 1.82) is 0 Å². The Labute approximate surface area is 109 Å². The molecule has 1 aromatic heterocycles. The highest BCUT2D eigenvalue weighted by Gasteiger charge is 2.15. The van der Waals surface area contributed by atoms with Gasteiger partial charge < -0.3 is 5.11 Å². The van der Waals surface area contributed by atoms with E-state index < -0.39 is 11.9 Å². The number of nitrogens with zero attached hydrogens (tertiary/aromatic N) is 2. The van der Waals surface area contributed by atoms with Crippen LogP contribution in [0.15, 0.2) is 30.6 Å². The SMILES string of the molecule is Cc1cnc(C(O)Cc2c(F)cccc2Cl)cn1. The Morgan fingerprint density at radius 2 is 2.11 bits per heavy atom. The third-order valence-corrected chi connectivity index (χ3v) is 2.96. The zero-order valence-electron chi connectivity index (χ0n) is 9.77. The average Bonchev–Trinajstić information content (AvgIpc) is 2.34. The highest BCUT2D eigenvalue weighted by molar-refractivity contribution is 6.31. The van der Waals surface area contributed by atoms with E-state index in [9.17, 15) is 9.50 Å². The van der Waals surface area contributed by atoms with E-state index in [4.69, 9.17) is 11.6 Å². The number of benzene rings is 1. The van der Waals surface area contributed by atoms with Crippen LogP contribution in [0.1, 0.15) is 23.1 Å². The first kappa shape index (κ1) is 12.9. The Balaban J connectivity index is 2.21. The molecule has 2 aromatic rings. The van der Waals surface area contributed by atoms with Crippen LogP contribution in [0.25, 0.3) is 0 Å². The van der Waals surface area contributed by atoms with Gasteiger partial charge >= 0.3 is 0 Å². The van der Waals surface area contributed by atoms with Gasteiger partial charge in [0.15, 0.2) is 0 Å². The predicted molar refractivity (Wildman–Crippen MR) is 66.8 cm³/mol. The molecular weight excluding hydrogens is 255 g/mol. The topological polar surface area (TPSA) is 46.0 Å². The van der Waals surface area contributed by atoms with Gasteiger partial charge in [-0.2, -0.15) is 0 Å². The molecule has 3 nitrogen and oxygen atoms in total. The molecule has 0 bridgehead atoms. The van der Waals surface area contributed by atoms with Crippen molar-refractivity contribution in [3.8, 4) is 0 Å². The van der Waals surface area contributed by atoms with Crippen molar-refractivity contribution in [2.24, 2.45) is 0 Å². The fraction of sp³-hybridized carbons (Fsp3) is 0.231. The van der Waals surface area contributed by atoms with Crippen LogP contribution in [-0.2, 0) is 6.42 Å². The largest absolute Gasteiger partial charge is 0.386 e. The fourth-order valence-corrected chi connectivity index (χ4v) is 1.84. The molecule has 1 atom stereocenters. The van der Waals surface area contributed by atoms with Crippen LogP contribution in [0.3, 0.4) is 0 Å². The van der Waals surface area contributed by atoms with Gasteiger partial charge in [-0.25, -0.2) is 4.39 Å². The second kappa shape index (κ2) is 5.42. The predicted octanol–water partition coefficient (Wildman–Crippen LogP) is 2.85. The molecular formula is C13H12ClFN2O. The Hall–Kier alpha value is -1.52. The van der Waals surface area contributed by atoms with Crippen LogP contribution in [0, 0.1) is 12.7 Å². The maximum atomic E-state index is 13.6. The van der Waals surface area contributed by atoms with Crippen LogP contribution >= 0.6 is 11.6 Å². The molecule has 2 rings (SSSR count). The summed E-state index contributed by atoms with van der Waals surface area (Å²) in [5.41, 5.74) is 1.45. The molecule has 0 saturated heterocycles. The number of hydrogen-bond acceptors (Lipinski definition) is 3. The molecule has 1 N–H and O–H groups in total. The van der Waals surface area contributed by atoms with E-state index in [0.29, 0.717) is 10.7 Å². The van der Waals surface area contributed by atoms with Crippen molar-refractivity contribution in [2.75, 3.05) is 0 Å². The zero-order chi connectivity index (χ0) is 13.1. The van der Waals surface area contributed by atoms with Crippen LogP contribution in [0.2, 0.25) is 5.02 Å². The van der Waals surface area contributed by atoms with Crippen molar-refractivity contribution in [1.82, 2.24) is 9.97 Å². The van der Waals surface area contributed by atoms with Gasteiger partial charge in [-0.15, -0.1) is 0 Å². The van der Waals surface area contributed by atoms with Gasteiger partial charge in [-0.1, -0.05) is 17.7 Å². The first-order chi connectivity index (χ1) is 8.58.